The number of rotatable bonds is 8. The summed E-state index contributed by atoms with van der Waals surface area (Å²) in [5, 5.41) is 15.0. The van der Waals surface area contributed by atoms with E-state index in [2.05, 4.69) is 10.3 Å². The van der Waals surface area contributed by atoms with Crippen molar-refractivity contribution in [1.82, 2.24) is 15.2 Å². The fourth-order valence-electron chi connectivity index (χ4n) is 8.84. The molecule has 0 radical (unpaired) electrons. The Bertz CT molecular complexity index is 1930. The van der Waals surface area contributed by atoms with Gasteiger partial charge in [-0.1, -0.05) is 39.8 Å². The van der Waals surface area contributed by atoms with Crippen molar-refractivity contribution in [3.63, 3.8) is 0 Å². The third-order valence-corrected chi connectivity index (χ3v) is 12.1. The van der Waals surface area contributed by atoms with Crippen molar-refractivity contribution in [2.24, 2.45) is 23.7 Å². The molecule has 0 bridgehead atoms. The number of hydrogen-bond donors (Lipinski definition) is 2. The van der Waals surface area contributed by atoms with E-state index in [-0.39, 0.29) is 18.6 Å². The minimum Gasteiger partial charge on any atom is -0.458 e. The smallest absolute Gasteiger partial charge is 0.458 e. The van der Waals surface area contributed by atoms with Crippen LogP contribution in [0.4, 0.5) is 14.0 Å². The van der Waals surface area contributed by atoms with Crippen molar-refractivity contribution in [2.75, 3.05) is 20.7 Å². The zero-order chi connectivity index (χ0) is 43.6. The highest BCUT2D eigenvalue weighted by Crippen LogP contribution is 2.40. The quantitative estimate of drug-likeness (QED) is 0.192. The maximum atomic E-state index is 15.3. The van der Waals surface area contributed by atoms with Crippen LogP contribution in [0.5, 0.6) is 0 Å². The number of aromatic nitrogens is 1. The Morgan fingerprint density at radius 1 is 1.07 bits per heavy atom. The summed E-state index contributed by atoms with van der Waals surface area (Å²) in [6.45, 7) is 11.8. The summed E-state index contributed by atoms with van der Waals surface area (Å²) in [5.74, 6) is -7.30. The van der Waals surface area contributed by atoms with Crippen LogP contribution in [0.2, 0.25) is 0 Å². The molecule has 3 fully saturated rings. The zero-order valence-corrected chi connectivity index (χ0v) is 35.4. The van der Waals surface area contributed by atoms with E-state index in [9.17, 15) is 29.1 Å². The number of ether oxygens (including phenoxy) is 6. The molecule has 3 saturated heterocycles. The number of pyridine rings is 1. The van der Waals surface area contributed by atoms with E-state index < -0.39 is 114 Å². The van der Waals surface area contributed by atoms with Gasteiger partial charge < -0.3 is 43.7 Å². The number of carbonyl (C=O) groups is 5. The Kier molecular flexibility index (Phi) is 14.2. The van der Waals surface area contributed by atoms with Gasteiger partial charge >= 0.3 is 18.2 Å². The monoisotopic (exact) mass is 827 g/mol. The number of fused-ring (bicyclic) bond motifs is 2. The van der Waals surface area contributed by atoms with Crippen LogP contribution in [0.1, 0.15) is 80.2 Å². The van der Waals surface area contributed by atoms with Crippen LogP contribution in [0.15, 0.2) is 42.4 Å². The zero-order valence-electron chi connectivity index (χ0n) is 35.4. The average Bonchev–Trinajstić information content (AvgIpc) is 3.50. The van der Waals surface area contributed by atoms with Gasteiger partial charge in [0.05, 0.1) is 17.7 Å². The fraction of sp³-hybridized carbons (Fsp3) is 0.628. The molecule has 1 aromatic heterocycles. The molecule has 59 heavy (non-hydrogen) atoms. The Morgan fingerprint density at radius 3 is 2.46 bits per heavy atom. The molecule has 1 aromatic carbocycles. The predicted molar refractivity (Wildman–Crippen MR) is 212 cm³/mol. The van der Waals surface area contributed by atoms with Crippen LogP contribution in [0, 0.1) is 23.7 Å². The van der Waals surface area contributed by atoms with Gasteiger partial charge in [-0.2, -0.15) is 0 Å². The number of halogens is 1. The van der Waals surface area contributed by atoms with Crippen molar-refractivity contribution in [3.05, 3.63) is 47.9 Å². The van der Waals surface area contributed by atoms with Crippen molar-refractivity contribution < 1.29 is 61.9 Å². The number of likely N-dealkylation sites (N-methyl/N-ethyl adjacent to an activating group) is 1. The van der Waals surface area contributed by atoms with Gasteiger partial charge in [-0.05, 0) is 90.9 Å². The van der Waals surface area contributed by atoms with E-state index in [1.54, 1.807) is 79.2 Å². The Balaban J connectivity index is 1.53. The lowest BCUT2D eigenvalue weighted by Gasteiger charge is -2.46. The highest BCUT2D eigenvalue weighted by atomic mass is 19.1. The second-order valence-corrected chi connectivity index (χ2v) is 16.9. The maximum Gasteiger partial charge on any atom is 0.509 e. The predicted octanol–water partition coefficient (Wildman–Crippen LogP) is 5.54. The Morgan fingerprint density at radius 2 is 1.78 bits per heavy atom. The van der Waals surface area contributed by atoms with E-state index in [4.69, 9.17) is 28.4 Å². The van der Waals surface area contributed by atoms with Crippen LogP contribution in [-0.2, 0) is 42.8 Å². The topological polar surface area (TPSA) is 189 Å². The van der Waals surface area contributed by atoms with Gasteiger partial charge in [-0.25, -0.2) is 14.0 Å². The van der Waals surface area contributed by atoms with E-state index in [1.807, 2.05) is 11.0 Å². The molecule has 4 heterocycles. The number of cyclic esters (lactones) is 1. The van der Waals surface area contributed by atoms with Crippen LogP contribution in [-0.4, -0.2) is 119 Å². The largest absolute Gasteiger partial charge is 0.509 e. The summed E-state index contributed by atoms with van der Waals surface area (Å²) < 4.78 is 50.8. The van der Waals surface area contributed by atoms with E-state index in [0.29, 0.717) is 12.0 Å². The minimum atomic E-state index is -1.93. The molecule has 13 atom stereocenters. The average molecular weight is 828 g/mol. The first kappa shape index (κ1) is 45.6. The van der Waals surface area contributed by atoms with Crippen LogP contribution >= 0.6 is 0 Å². The van der Waals surface area contributed by atoms with Crippen LogP contribution in [0.25, 0.3) is 17.0 Å². The van der Waals surface area contributed by atoms with Gasteiger partial charge in [0.2, 0.25) is 0 Å². The molecular weight excluding hydrogens is 769 g/mol. The number of esters is 1. The molecule has 3 aliphatic heterocycles. The van der Waals surface area contributed by atoms with E-state index >= 15 is 4.39 Å². The number of amides is 1. The third kappa shape index (κ3) is 9.93. The molecule has 2 aromatic rings. The van der Waals surface area contributed by atoms with Crippen LogP contribution in [0.3, 0.4) is 0 Å². The summed E-state index contributed by atoms with van der Waals surface area (Å²) in [4.78, 5) is 75.1. The summed E-state index contributed by atoms with van der Waals surface area (Å²) in [5.41, 5.74) is -2.20. The second-order valence-electron chi connectivity index (χ2n) is 16.9. The highest BCUT2D eigenvalue weighted by molar-refractivity contribution is 6.00. The number of ketones is 2. The fourth-order valence-corrected chi connectivity index (χ4v) is 8.84. The summed E-state index contributed by atoms with van der Waals surface area (Å²) in [6.07, 6.45) is -4.45. The standard InChI is InChI=1S/C43H58FN3O12/c1-11-32-43(8)36(46-40(52)58-43)24(4)33(48)22(2)20-42(7,59-41(53)54-21-29(44)19-27-14-15-30-28(18-27)13-12-16-45-30)37(25(5)34(49)26(6)38(51)56-32)57-39-35(50)31(47(9)10)17-23(3)55-39/h12-16,18-19,22-26,31-32,35-37,39,50H,11,17,20-21H2,1-10H3,(H,46,52)/b29-19-/t22-,23-,24+,25+,26-,31+,32-,35-,36-,37-,39+,42-,43-/m1/s1. The van der Waals surface area contributed by atoms with Gasteiger partial charge in [0.15, 0.2) is 17.7 Å². The first-order valence-corrected chi connectivity index (χ1v) is 20.2. The molecule has 0 spiro atoms. The Labute approximate surface area is 344 Å². The number of nitrogens with one attached hydrogen (secondary N) is 1. The summed E-state index contributed by atoms with van der Waals surface area (Å²) in [7, 11) is 3.58. The van der Waals surface area contributed by atoms with Gasteiger partial charge in [-0.15, -0.1) is 0 Å². The Hall–Kier alpha value is -4.51. The number of aliphatic hydroxyl groups is 1. The van der Waals surface area contributed by atoms with E-state index in [1.165, 1.54) is 26.8 Å². The molecule has 0 saturated carbocycles. The van der Waals surface area contributed by atoms with Crippen molar-refractivity contribution in [3.8, 4) is 0 Å². The van der Waals surface area contributed by atoms with E-state index in [0.717, 1.165) is 10.9 Å². The number of hydrogen-bond acceptors (Lipinski definition) is 14. The first-order valence-electron chi connectivity index (χ1n) is 20.2. The molecule has 15 nitrogen and oxygen atoms in total. The van der Waals surface area contributed by atoms with Gasteiger partial charge in [0, 0.05) is 35.4 Å². The first-order chi connectivity index (χ1) is 27.7. The van der Waals surface area contributed by atoms with Crippen LogP contribution < -0.4 is 5.32 Å². The molecule has 16 heteroatoms. The minimum absolute atomic E-state index is 0.193. The third-order valence-electron chi connectivity index (χ3n) is 12.1. The van der Waals surface area contributed by atoms with Crippen molar-refractivity contribution >= 4 is 46.8 Å². The van der Waals surface area contributed by atoms with Gasteiger partial charge in [-0.3, -0.25) is 19.4 Å². The molecule has 0 unspecified atom stereocenters. The molecule has 2 N–H and O–H groups in total. The number of nitrogens with zero attached hydrogens (tertiary/aromatic N) is 2. The molecule has 3 aliphatic rings. The van der Waals surface area contributed by atoms with Gasteiger partial charge in [0.1, 0.15) is 48.0 Å². The SMILES string of the molecule is CC[C@H]1OC(=O)[C@H](C)C(=O)[C@H](C)[C@@H](O[C@@H]2O[C@H](C)C[C@H](N(C)C)[C@H]2O)[C@](C)(OC(=O)OC/C(F)=C/c2ccc3ncccc3c2)C[C@@H](C)C(=O)[C@H](C)[C@H]2NC(=O)O[C@@]21C. The molecule has 324 valence electrons. The second kappa shape index (κ2) is 18.4. The molecule has 5 rings (SSSR count). The molecular formula is C43H58FN3O12. The van der Waals surface area contributed by atoms with Crippen molar-refractivity contribution in [2.45, 2.75) is 129 Å². The number of benzene rings is 1. The maximum absolute atomic E-state index is 15.3. The highest BCUT2D eigenvalue weighted by Gasteiger charge is 2.57. The number of aliphatic hydroxyl groups excluding tert-OH is 1. The summed E-state index contributed by atoms with van der Waals surface area (Å²) in [6, 6.07) is 7.32. The lowest BCUT2D eigenvalue weighted by atomic mass is 9.73. The lowest BCUT2D eigenvalue weighted by Crippen LogP contribution is -2.60. The number of Topliss-reactive ketones (excluding diaryl/α,β-unsaturated/α-hetero) is 2. The summed E-state index contributed by atoms with van der Waals surface area (Å²) >= 11 is 0. The number of carbonyl (C=O) groups excluding carboxylic acids is 5. The lowest BCUT2D eigenvalue weighted by molar-refractivity contribution is -0.293. The van der Waals surface area contributed by atoms with Gasteiger partial charge in [0.25, 0.3) is 0 Å². The van der Waals surface area contributed by atoms with Crippen molar-refractivity contribution in [1.29, 1.82) is 0 Å². The number of alkyl carbamates (subject to hydrolysis) is 1. The normalized spacial score (nSPS) is 36.3. The molecule has 0 aliphatic carbocycles. The molecule has 1 amide bonds.